The fourth-order valence-corrected chi connectivity index (χ4v) is 3.56. The first-order valence-corrected chi connectivity index (χ1v) is 10.2. The number of nitrogens with zero attached hydrogens (tertiary/aromatic N) is 1. The van der Waals surface area contributed by atoms with E-state index in [0.717, 1.165) is 24.3 Å². The first-order chi connectivity index (χ1) is 15.5. The summed E-state index contributed by atoms with van der Waals surface area (Å²) in [6, 6.07) is 8.30. The van der Waals surface area contributed by atoms with Gasteiger partial charge in [-0.2, -0.15) is 0 Å². The number of carbonyl (C=O) groups is 2. The number of amides is 3. The molecular formula is C20H10Cl4FN3O5. The van der Waals surface area contributed by atoms with Gasteiger partial charge >= 0.3 is 6.03 Å². The standard InChI is InChI=1S/C20H10Cl4FN3O5/c21-13-5-9(25)1-3-12(13)19(29)27-20(30)26-10-6-15(23)18(16(24)7-10)33-17-4-2-11(28(31)32)8-14(17)22/h1-8H,(H2,26,27,29,30). The van der Waals surface area contributed by atoms with Gasteiger partial charge in [0.25, 0.3) is 11.6 Å². The molecule has 0 heterocycles. The topological polar surface area (TPSA) is 111 Å². The lowest BCUT2D eigenvalue weighted by molar-refractivity contribution is -0.384. The van der Waals surface area contributed by atoms with Crippen LogP contribution in [0.15, 0.2) is 48.5 Å². The predicted octanol–water partition coefficient (Wildman–Crippen LogP) is 7.10. The molecule has 170 valence electrons. The minimum absolute atomic E-state index is 0.0192. The van der Waals surface area contributed by atoms with E-state index in [0.29, 0.717) is 0 Å². The van der Waals surface area contributed by atoms with Crippen LogP contribution in [0.5, 0.6) is 11.5 Å². The van der Waals surface area contributed by atoms with Crippen LogP contribution in [0.4, 0.5) is 20.6 Å². The van der Waals surface area contributed by atoms with Crippen LogP contribution < -0.4 is 15.4 Å². The molecule has 3 aromatic carbocycles. The monoisotopic (exact) mass is 531 g/mol. The second-order valence-corrected chi connectivity index (χ2v) is 7.90. The molecule has 33 heavy (non-hydrogen) atoms. The van der Waals surface area contributed by atoms with E-state index in [1.165, 1.54) is 24.3 Å². The van der Waals surface area contributed by atoms with E-state index in [1.807, 2.05) is 5.32 Å². The maximum atomic E-state index is 13.1. The number of benzene rings is 3. The van der Waals surface area contributed by atoms with E-state index in [2.05, 4.69) is 5.32 Å². The third-order valence-electron chi connectivity index (χ3n) is 4.00. The zero-order chi connectivity index (χ0) is 24.3. The molecule has 0 aliphatic heterocycles. The lowest BCUT2D eigenvalue weighted by Gasteiger charge is -2.13. The molecule has 0 fully saturated rings. The normalized spacial score (nSPS) is 10.5. The van der Waals surface area contributed by atoms with E-state index in [4.69, 9.17) is 51.1 Å². The first-order valence-electron chi connectivity index (χ1n) is 8.73. The highest BCUT2D eigenvalue weighted by Gasteiger charge is 2.18. The smallest absolute Gasteiger partial charge is 0.326 e. The maximum Gasteiger partial charge on any atom is 0.326 e. The van der Waals surface area contributed by atoms with Gasteiger partial charge in [0.2, 0.25) is 0 Å². The second kappa shape index (κ2) is 10.2. The van der Waals surface area contributed by atoms with Gasteiger partial charge < -0.3 is 10.1 Å². The van der Waals surface area contributed by atoms with Gasteiger partial charge in [-0.05, 0) is 36.4 Å². The molecule has 0 aromatic heterocycles. The Morgan fingerprint density at radius 3 is 2.15 bits per heavy atom. The van der Waals surface area contributed by atoms with Crippen molar-refractivity contribution in [2.45, 2.75) is 0 Å². The van der Waals surface area contributed by atoms with E-state index in [1.54, 1.807) is 0 Å². The Hall–Kier alpha value is -3.11. The van der Waals surface area contributed by atoms with Gasteiger partial charge in [-0.15, -0.1) is 0 Å². The maximum absolute atomic E-state index is 13.1. The van der Waals surface area contributed by atoms with Crippen molar-refractivity contribution < 1.29 is 23.6 Å². The number of anilines is 1. The van der Waals surface area contributed by atoms with Crippen molar-refractivity contribution in [3.8, 4) is 11.5 Å². The van der Waals surface area contributed by atoms with Crippen LogP contribution in [0.2, 0.25) is 20.1 Å². The molecule has 0 atom stereocenters. The first kappa shape index (κ1) is 24.5. The molecule has 2 N–H and O–H groups in total. The molecular weight excluding hydrogens is 523 g/mol. The molecule has 0 saturated carbocycles. The number of urea groups is 1. The Morgan fingerprint density at radius 2 is 1.58 bits per heavy atom. The summed E-state index contributed by atoms with van der Waals surface area (Å²) in [7, 11) is 0. The van der Waals surface area contributed by atoms with E-state index in [9.17, 15) is 24.1 Å². The summed E-state index contributed by atoms with van der Waals surface area (Å²) in [5.74, 6) is -1.45. The molecule has 3 aromatic rings. The molecule has 13 heteroatoms. The summed E-state index contributed by atoms with van der Waals surface area (Å²) in [4.78, 5) is 34.5. The number of hydrogen-bond donors (Lipinski definition) is 2. The van der Waals surface area contributed by atoms with E-state index >= 15 is 0 Å². The van der Waals surface area contributed by atoms with Crippen molar-refractivity contribution in [2.24, 2.45) is 0 Å². The molecule has 0 aliphatic rings. The van der Waals surface area contributed by atoms with Crippen LogP contribution >= 0.6 is 46.4 Å². The van der Waals surface area contributed by atoms with Crippen molar-refractivity contribution in [1.82, 2.24) is 5.32 Å². The molecule has 3 amide bonds. The van der Waals surface area contributed by atoms with E-state index < -0.39 is 22.7 Å². The van der Waals surface area contributed by atoms with Gasteiger partial charge in [-0.3, -0.25) is 20.2 Å². The predicted molar refractivity (Wildman–Crippen MR) is 123 cm³/mol. The number of imide groups is 1. The molecule has 0 aliphatic carbocycles. The Bertz CT molecular complexity index is 1270. The summed E-state index contributed by atoms with van der Waals surface area (Å²) in [5.41, 5.74) is -0.220. The van der Waals surface area contributed by atoms with Crippen molar-refractivity contribution in [2.75, 3.05) is 5.32 Å². The van der Waals surface area contributed by atoms with Crippen molar-refractivity contribution in [3.05, 3.63) is 90.1 Å². The lowest BCUT2D eigenvalue weighted by atomic mass is 10.2. The number of hydrogen-bond acceptors (Lipinski definition) is 5. The van der Waals surface area contributed by atoms with Crippen molar-refractivity contribution in [1.29, 1.82) is 0 Å². The van der Waals surface area contributed by atoms with Gasteiger partial charge in [0.1, 0.15) is 11.6 Å². The Labute approximate surface area is 205 Å². The molecule has 0 spiro atoms. The van der Waals surface area contributed by atoms with Gasteiger partial charge in [0.15, 0.2) is 5.75 Å². The Balaban J connectivity index is 1.72. The fraction of sp³-hybridized carbons (Fsp3) is 0. The number of carbonyl (C=O) groups excluding carboxylic acids is 2. The van der Waals surface area contributed by atoms with Gasteiger partial charge in [0.05, 0.1) is 30.6 Å². The van der Waals surface area contributed by atoms with Crippen LogP contribution in [-0.4, -0.2) is 16.9 Å². The number of nitro benzene ring substituents is 1. The van der Waals surface area contributed by atoms with Gasteiger partial charge in [-0.25, -0.2) is 9.18 Å². The Kier molecular flexibility index (Phi) is 7.60. The molecule has 0 radical (unpaired) electrons. The number of nitro groups is 1. The Morgan fingerprint density at radius 1 is 0.909 bits per heavy atom. The SMILES string of the molecule is O=C(NC(=O)c1ccc(F)cc1Cl)Nc1cc(Cl)c(Oc2ccc([N+](=O)[O-])cc2Cl)c(Cl)c1. The van der Waals surface area contributed by atoms with Crippen LogP contribution in [0, 0.1) is 15.9 Å². The third-order valence-corrected chi connectivity index (χ3v) is 5.17. The number of non-ortho nitro benzene ring substituents is 1. The van der Waals surface area contributed by atoms with Crippen molar-refractivity contribution >= 4 is 69.7 Å². The highest BCUT2D eigenvalue weighted by atomic mass is 35.5. The lowest BCUT2D eigenvalue weighted by Crippen LogP contribution is -2.34. The minimum atomic E-state index is -0.931. The summed E-state index contributed by atoms with van der Waals surface area (Å²) in [5, 5.41) is 14.9. The summed E-state index contributed by atoms with van der Waals surface area (Å²) >= 11 is 24.2. The number of halogens is 5. The zero-order valence-electron chi connectivity index (χ0n) is 16.0. The highest BCUT2D eigenvalue weighted by molar-refractivity contribution is 6.38. The summed E-state index contributed by atoms with van der Waals surface area (Å²) in [6.07, 6.45) is 0. The van der Waals surface area contributed by atoms with Crippen LogP contribution in [-0.2, 0) is 0 Å². The molecule has 3 rings (SSSR count). The number of nitrogens with one attached hydrogen (secondary N) is 2. The average molecular weight is 533 g/mol. The molecule has 0 saturated heterocycles. The minimum Gasteiger partial charge on any atom is -0.453 e. The number of rotatable bonds is 5. The zero-order valence-corrected chi connectivity index (χ0v) is 19.0. The van der Waals surface area contributed by atoms with Crippen LogP contribution in [0.3, 0.4) is 0 Å². The molecule has 0 bridgehead atoms. The summed E-state index contributed by atoms with van der Waals surface area (Å²) in [6.45, 7) is 0. The fourth-order valence-electron chi connectivity index (χ4n) is 2.53. The van der Waals surface area contributed by atoms with Gasteiger partial charge in [0, 0.05) is 17.8 Å². The quantitative estimate of drug-likeness (QED) is 0.269. The third kappa shape index (κ3) is 6.02. The average Bonchev–Trinajstić information content (AvgIpc) is 2.71. The second-order valence-electron chi connectivity index (χ2n) is 6.28. The van der Waals surface area contributed by atoms with Crippen molar-refractivity contribution in [3.63, 3.8) is 0 Å². The number of ether oxygens (including phenoxy) is 1. The van der Waals surface area contributed by atoms with Gasteiger partial charge in [-0.1, -0.05) is 46.4 Å². The molecule has 0 unspecified atom stereocenters. The largest absolute Gasteiger partial charge is 0.453 e. The summed E-state index contributed by atoms with van der Waals surface area (Å²) < 4.78 is 18.7. The van der Waals surface area contributed by atoms with Crippen LogP contribution in [0.25, 0.3) is 0 Å². The van der Waals surface area contributed by atoms with E-state index in [-0.39, 0.29) is 48.5 Å². The highest BCUT2D eigenvalue weighted by Crippen LogP contribution is 2.41. The van der Waals surface area contributed by atoms with Crippen LogP contribution in [0.1, 0.15) is 10.4 Å². The molecule has 8 nitrogen and oxygen atoms in total.